The SMILES string of the molecule is COC(=O)c1ccc(N)c(Nc2cnn(C(C)C)c2)n1. The summed E-state index contributed by atoms with van der Waals surface area (Å²) in [7, 11) is 1.31. The third kappa shape index (κ3) is 2.87. The molecule has 0 saturated carbocycles. The molecule has 2 rings (SSSR count). The molecule has 106 valence electrons. The first-order valence-corrected chi connectivity index (χ1v) is 6.17. The van der Waals surface area contributed by atoms with E-state index in [0.717, 1.165) is 5.69 Å². The van der Waals surface area contributed by atoms with Crippen molar-refractivity contribution in [2.45, 2.75) is 19.9 Å². The monoisotopic (exact) mass is 275 g/mol. The van der Waals surface area contributed by atoms with E-state index >= 15 is 0 Å². The lowest BCUT2D eigenvalue weighted by Gasteiger charge is -2.08. The Morgan fingerprint density at radius 3 is 2.80 bits per heavy atom. The zero-order chi connectivity index (χ0) is 14.7. The van der Waals surface area contributed by atoms with Crippen LogP contribution in [0, 0.1) is 0 Å². The van der Waals surface area contributed by atoms with Gasteiger partial charge in [-0.15, -0.1) is 0 Å². The molecule has 3 N–H and O–H groups in total. The molecule has 7 nitrogen and oxygen atoms in total. The number of nitrogens with one attached hydrogen (secondary N) is 1. The number of ether oxygens (including phenoxy) is 1. The van der Waals surface area contributed by atoms with E-state index < -0.39 is 5.97 Å². The van der Waals surface area contributed by atoms with Gasteiger partial charge in [-0.2, -0.15) is 5.10 Å². The molecule has 0 atom stereocenters. The first-order chi connectivity index (χ1) is 9.51. The van der Waals surface area contributed by atoms with Crippen LogP contribution in [0.2, 0.25) is 0 Å². The number of rotatable bonds is 4. The van der Waals surface area contributed by atoms with E-state index in [0.29, 0.717) is 11.5 Å². The Labute approximate surface area is 116 Å². The third-order valence-corrected chi connectivity index (χ3v) is 2.71. The number of carbonyl (C=O) groups excluding carboxylic acids is 1. The summed E-state index contributed by atoms with van der Waals surface area (Å²) < 4.78 is 6.44. The minimum absolute atomic E-state index is 0.195. The fourth-order valence-corrected chi connectivity index (χ4v) is 1.61. The number of esters is 1. The van der Waals surface area contributed by atoms with Crippen LogP contribution >= 0.6 is 0 Å². The highest BCUT2D eigenvalue weighted by molar-refractivity contribution is 5.88. The summed E-state index contributed by atoms with van der Waals surface area (Å²) in [6.07, 6.45) is 3.52. The predicted molar refractivity (Wildman–Crippen MR) is 75.9 cm³/mol. The number of carbonyl (C=O) groups is 1. The standard InChI is InChI=1S/C13H17N5O2/c1-8(2)18-7-9(6-15-18)16-12-10(14)4-5-11(17-12)13(19)20-3/h4-8H,14H2,1-3H3,(H,16,17). The molecule has 2 heterocycles. The summed E-state index contributed by atoms with van der Waals surface area (Å²) >= 11 is 0. The quantitative estimate of drug-likeness (QED) is 0.828. The molecule has 0 bridgehead atoms. The van der Waals surface area contributed by atoms with E-state index in [4.69, 9.17) is 5.73 Å². The van der Waals surface area contributed by atoms with Crippen molar-refractivity contribution in [2.75, 3.05) is 18.2 Å². The zero-order valence-corrected chi connectivity index (χ0v) is 11.6. The number of anilines is 3. The zero-order valence-electron chi connectivity index (χ0n) is 11.6. The van der Waals surface area contributed by atoms with Gasteiger partial charge in [0.2, 0.25) is 0 Å². The largest absolute Gasteiger partial charge is 0.464 e. The smallest absolute Gasteiger partial charge is 0.356 e. The summed E-state index contributed by atoms with van der Waals surface area (Å²) in [5.41, 5.74) is 7.23. The number of aromatic nitrogens is 3. The maximum absolute atomic E-state index is 11.5. The molecule has 0 aromatic carbocycles. The van der Waals surface area contributed by atoms with Crippen molar-refractivity contribution >= 4 is 23.2 Å². The molecule has 0 spiro atoms. The summed E-state index contributed by atoms with van der Waals surface area (Å²) in [6.45, 7) is 4.06. The van der Waals surface area contributed by atoms with Crippen molar-refractivity contribution in [1.29, 1.82) is 0 Å². The first kappa shape index (κ1) is 13.9. The Morgan fingerprint density at radius 2 is 2.20 bits per heavy atom. The number of nitrogens with zero attached hydrogens (tertiary/aromatic N) is 3. The van der Waals surface area contributed by atoms with Gasteiger partial charge in [0, 0.05) is 12.2 Å². The third-order valence-electron chi connectivity index (χ3n) is 2.71. The predicted octanol–water partition coefficient (Wildman–Crippen LogP) is 1.97. The fraction of sp³-hybridized carbons (Fsp3) is 0.308. The van der Waals surface area contributed by atoms with Crippen LogP contribution in [0.1, 0.15) is 30.4 Å². The summed E-state index contributed by atoms with van der Waals surface area (Å²) in [4.78, 5) is 15.6. The number of hydrogen-bond acceptors (Lipinski definition) is 6. The van der Waals surface area contributed by atoms with Crippen LogP contribution in [0.3, 0.4) is 0 Å². The maximum Gasteiger partial charge on any atom is 0.356 e. The molecule has 0 aliphatic heterocycles. The maximum atomic E-state index is 11.5. The molecule has 0 aliphatic carbocycles. The molecule has 0 radical (unpaired) electrons. The van der Waals surface area contributed by atoms with Gasteiger partial charge in [0.1, 0.15) is 0 Å². The van der Waals surface area contributed by atoms with E-state index in [1.165, 1.54) is 13.2 Å². The Balaban J connectivity index is 2.25. The molecule has 2 aromatic rings. The minimum atomic E-state index is -0.508. The van der Waals surface area contributed by atoms with Crippen molar-refractivity contribution in [1.82, 2.24) is 14.8 Å². The van der Waals surface area contributed by atoms with Crippen molar-refractivity contribution in [3.8, 4) is 0 Å². The van der Waals surface area contributed by atoms with E-state index in [1.807, 2.05) is 24.7 Å². The molecule has 0 aliphatic rings. The van der Waals surface area contributed by atoms with Crippen LogP contribution < -0.4 is 11.1 Å². The highest BCUT2D eigenvalue weighted by atomic mass is 16.5. The second-order valence-electron chi connectivity index (χ2n) is 4.55. The van der Waals surface area contributed by atoms with Crippen LogP contribution in [-0.2, 0) is 4.74 Å². The Hall–Kier alpha value is -2.57. The number of nitrogens with two attached hydrogens (primary N) is 1. The lowest BCUT2D eigenvalue weighted by atomic mass is 10.3. The highest BCUT2D eigenvalue weighted by Crippen LogP contribution is 2.21. The van der Waals surface area contributed by atoms with Crippen LogP contribution in [-0.4, -0.2) is 27.8 Å². The number of hydrogen-bond donors (Lipinski definition) is 2. The van der Waals surface area contributed by atoms with E-state index in [2.05, 4.69) is 20.1 Å². The fourth-order valence-electron chi connectivity index (χ4n) is 1.61. The average molecular weight is 275 g/mol. The normalized spacial score (nSPS) is 10.6. The summed E-state index contributed by atoms with van der Waals surface area (Å²) in [5.74, 6) is -0.109. The van der Waals surface area contributed by atoms with Gasteiger partial charge in [-0.25, -0.2) is 9.78 Å². The molecule has 0 unspecified atom stereocenters. The van der Waals surface area contributed by atoms with Gasteiger partial charge >= 0.3 is 5.97 Å². The van der Waals surface area contributed by atoms with Crippen LogP contribution in [0.4, 0.5) is 17.2 Å². The van der Waals surface area contributed by atoms with E-state index in [9.17, 15) is 4.79 Å². The minimum Gasteiger partial charge on any atom is -0.464 e. The lowest BCUT2D eigenvalue weighted by molar-refractivity contribution is 0.0594. The van der Waals surface area contributed by atoms with Gasteiger partial charge in [-0.1, -0.05) is 0 Å². The highest BCUT2D eigenvalue weighted by Gasteiger charge is 2.11. The van der Waals surface area contributed by atoms with E-state index in [1.54, 1.807) is 12.3 Å². The molecule has 0 saturated heterocycles. The molecular weight excluding hydrogens is 258 g/mol. The lowest BCUT2D eigenvalue weighted by Crippen LogP contribution is -2.07. The van der Waals surface area contributed by atoms with Crippen LogP contribution in [0.5, 0.6) is 0 Å². The molecule has 0 fully saturated rings. The molecule has 0 amide bonds. The topological polar surface area (TPSA) is 95.1 Å². The average Bonchev–Trinajstić information content (AvgIpc) is 2.89. The van der Waals surface area contributed by atoms with Gasteiger partial charge < -0.3 is 15.8 Å². The van der Waals surface area contributed by atoms with Gasteiger partial charge in [-0.05, 0) is 26.0 Å². The van der Waals surface area contributed by atoms with Crippen molar-refractivity contribution in [3.05, 3.63) is 30.2 Å². The second-order valence-corrected chi connectivity index (χ2v) is 4.55. The summed E-state index contributed by atoms with van der Waals surface area (Å²) in [5, 5.41) is 7.25. The number of nitrogen functional groups attached to an aromatic ring is 1. The molecule has 20 heavy (non-hydrogen) atoms. The number of pyridine rings is 1. The van der Waals surface area contributed by atoms with Crippen molar-refractivity contribution < 1.29 is 9.53 Å². The summed E-state index contributed by atoms with van der Waals surface area (Å²) in [6, 6.07) is 3.38. The second kappa shape index (κ2) is 5.60. The Kier molecular flexibility index (Phi) is 3.88. The van der Waals surface area contributed by atoms with Gasteiger partial charge in [0.25, 0.3) is 0 Å². The van der Waals surface area contributed by atoms with Gasteiger partial charge in [0.15, 0.2) is 11.5 Å². The van der Waals surface area contributed by atoms with Crippen LogP contribution in [0.15, 0.2) is 24.5 Å². The Bertz CT molecular complexity index is 621. The Morgan fingerprint density at radius 1 is 1.45 bits per heavy atom. The number of methoxy groups -OCH3 is 1. The molecule has 7 heteroatoms. The van der Waals surface area contributed by atoms with Gasteiger partial charge in [0.05, 0.1) is 24.7 Å². The van der Waals surface area contributed by atoms with Crippen LogP contribution in [0.25, 0.3) is 0 Å². The first-order valence-electron chi connectivity index (χ1n) is 6.17. The van der Waals surface area contributed by atoms with Crippen molar-refractivity contribution in [2.24, 2.45) is 0 Å². The van der Waals surface area contributed by atoms with Crippen molar-refractivity contribution in [3.63, 3.8) is 0 Å². The molecular formula is C13H17N5O2. The van der Waals surface area contributed by atoms with Gasteiger partial charge in [-0.3, -0.25) is 4.68 Å². The molecule has 2 aromatic heterocycles. The van der Waals surface area contributed by atoms with E-state index in [-0.39, 0.29) is 11.7 Å².